The summed E-state index contributed by atoms with van der Waals surface area (Å²) in [6, 6.07) is 6.54. The van der Waals surface area contributed by atoms with E-state index in [9.17, 15) is 18.0 Å². The fourth-order valence-corrected chi connectivity index (χ4v) is 4.99. The molecule has 2 fully saturated rings. The second kappa shape index (κ2) is 10.6. The molecule has 194 valence electrons. The van der Waals surface area contributed by atoms with E-state index < -0.39 is 11.7 Å². The van der Waals surface area contributed by atoms with Crippen molar-refractivity contribution < 1.29 is 18.0 Å². The number of piperidine rings is 1. The minimum Gasteiger partial charge on any atom is -0.355 e. The van der Waals surface area contributed by atoms with Gasteiger partial charge in [-0.2, -0.15) is 13.2 Å². The number of rotatable bonds is 5. The highest BCUT2D eigenvalue weighted by Gasteiger charge is 2.31. The van der Waals surface area contributed by atoms with Crippen molar-refractivity contribution in [2.45, 2.75) is 43.9 Å². The van der Waals surface area contributed by atoms with Crippen LogP contribution < -0.4 is 15.5 Å². The first-order valence-corrected chi connectivity index (χ1v) is 12.6. The van der Waals surface area contributed by atoms with Crippen LogP contribution in [0, 0.1) is 0 Å². The van der Waals surface area contributed by atoms with E-state index in [1.807, 2.05) is 0 Å². The van der Waals surface area contributed by atoms with Crippen LogP contribution in [0.3, 0.4) is 0 Å². The van der Waals surface area contributed by atoms with Crippen LogP contribution in [0.25, 0.3) is 22.5 Å². The molecule has 1 aromatic carbocycles. The van der Waals surface area contributed by atoms with Crippen LogP contribution in [0.15, 0.2) is 48.9 Å². The van der Waals surface area contributed by atoms with Crippen molar-refractivity contribution in [2.24, 2.45) is 0 Å². The van der Waals surface area contributed by atoms with Crippen molar-refractivity contribution in [3.8, 4) is 22.5 Å². The maximum atomic E-state index is 13.1. The highest BCUT2D eigenvalue weighted by atomic mass is 35.5. The summed E-state index contributed by atoms with van der Waals surface area (Å²) in [6.45, 7) is 2.24. The van der Waals surface area contributed by atoms with Gasteiger partial charge < -0.3 is 15.5 Å². The van der Waals surface area contributed by atoms with Crippen LogP contribution in [0.5, 0.6) is 0 Å². The number of hydrogen-bond acceptors (Lipinski definition) is 6. The quantitative estimate of drug-likeness (QED) is 0.497. The Balaban J connectivity index is 1.38. The highest BCUT2D eigenvalue weighted by molar-refractivity contribution is 6.33. The molecule has 2 N–H and O–H groups in total. The summed E-state index contributed by atoms with van der Waals surface area (Å²) in [6.07, 6.45) is 3.71. The van der Waals surface area contributed by atoms with Gasteiger partial charge in [0.05, 0.1) is 28.5 Å². The van der Waals surface area contributed by atoms with Crippen molar-refractivity contribution in [2.75, 3.05) is 24.5 Å². The molecule has 1 amide bonds. The summed E-state index contributed by atoms with van der Waals surface area (Å²) in [7, 11) is 0. The Labute approximate surface area is 217 Å². The van der Waals surface area contributed by atoms with Gasteiger partial charge in [0.1, 0.15) is 11.5 Å². The number of benzene rings is 1. The average molecular weight is 531 g/mol. The zero-order valence-corrected chi connectivity index (χ0v) is 20.7. The summed E-state index contributed by atoms with van der Waals surface area (Å²) in [5.41, 5.74) is 1.25. The zero-order chi connectivity index (χ0) is 26.0. The van der Waals surface area contributed by atoms with Gasteiger partial charge in [-0.05, 0) is 50.4 Å². The van der Waals surface area contributed by atoms with Crippen LogP contribution in [0.2, 0.25) is 5.02 Å². The predicted molar refractivity (Wildman–Crippen MR) is 135 cm³/mol. The Bertz CT molecular complexity index is 1260. The molecule has 0 aliphatic carbocycles. The van der Waals surface area contributed by atoms with E-state index in [-0.39, 0.29) is 18.0 Å². The molecule has 0 bridgehead atoms. The molecule has 37 heavy (non-hydrogen) atoms. The molecule has 0 saturated carbocycles. The molecule has 1 atom stereocenters. The first-order chi connectivity index (χ1) is 17.8. The Morgan fingerprint density at radius 2 is 1.81 bits per heavy atom. The average Bonchev–Trinajstić information content (AvgIpc) is 3.44. The first kappa shape index (κ1) is 25.4. The van der Waals surface area contributed by atoms with Crippen molar-refractivity contribution in [3.63, 3.8) is 0 Å². The number of nitrogens with one attached hydrogen (secondary N) is 2. The molecule has 5 rings (SSSR count). The third-order valence-corrected chi connectivity index (χ3v) is 7.12. The SMILES string of the molecule is O=C(NC1CCN(c2cnc(-c3ccc(C(F)(F)F)cc3)c(-c3ccncc3Cl)n2)CC1)[C@H]1CCCN1. The third-order valence-electron chi connectivity index (χ3n) is 6.82. The molecule has 2 saturated heterocycles. The lowest BCUT2D eigenvalue weighted by atomic mass is 10.0. The minimum absolute atomic E-state index is 0.0613. The van der Waals surface area contributed by atoms with E-state index in [1.165, 1.54) is 18.3 Å². The topological polar surface area (TPSA) is 83.0 Å². The molecule has 2 aliphatic heterocycles. The maximum absolute atomic E-state index is 13.1. The van der Waals surface area contributed by atoms with Crippen molar-refractivity contribution in [1.82, 2.24) is 25.6 Å². The second-order valence-corrected chi connectivity index (χ2v) is 9.68. The number of amides is 1. The first-order valence-electron chi connectivity index (χ1n) is 12.2. The van der Waals surface area contributed by atoms with E-state index in [4.69, 9.17) is 16.6 Å². The van der Waals surface area contributed by atoms with Gasteiger partial charge in [-0.1, -0.05) is 23.7 Å². The lowest BCUT2D eigenvalue weighted by molar-refractivity contribution is -0.137. The van der Waals surface area contributed by atoms with Crippen LogP contribution in [-0.4, -0.2) is 52.6 Å². The van der Waals surface area contributed by atoms with E-state index in [2.05, 4.69) is 25.5 Å². The molecule has 7 nitrogen and oxygen atoms in total. The zero-order valence-electron chi connectivity index (χ0n) is 19.9. The molecule has 0 radical (unpaired) electrons. The van der Waals surface area contributed by atoms with E-state index in [0.717, 1.165) is 44.4 Å². The van der Waals surface area contributed by atoms with Crippen LogP contribution >= 0.6 is 11.6 Å². The standard InChI is InChI=1S/C26H26ClF3N6O/c27-20-14-31-11-7-19(20)24-23(16-3-5-17(6-4-16)26(28,29)30)33-15-22(35-24)36-12-8-18(9-13-36)34-25(37)21-2-1-10-32-21/h3-7,11,14-15,18,21,32H,1-2,8-10,12-13H2,(H,34,37)/t21-/m1/s1. The number of halogens is 4. The van der Waals surface area contributed by atoms with Crippen molar-refractivity contribution in [3.05, 3.63) is 59.5 Å². The Morgan fingerprint density at radius 1 is 1.05 bits per heavy atom. The largest absolute Gasteiger partial charge is 0.416 e. The number of anilines is 1. The molecule has 0 spiro atoms. The van der Waals surface area contributed by atoms with Gasteiger partial charge in [0, 0.05) is 42.7 Å². The van der Waals surface area contributed by atoms with Gasteiger partial charge in [0.15, 0.2) is 0 Å². The molecule has 3 aromatic rings. The number of alkyl halides is 3. The lowest BCUT2D eigenvalue weighted by Gasteiger charge is -2.33. The normalized spacial score (nSPS) is 18.7. The summed E-state index contributed by atoms with van der Waals surface area (Å²) >= 11 is 6.42. The lowest BCUT2D eigenvalue weighted by Crippen LogP contribution is -2.49. The molecule has 2 aromatic heterocycles. The van der Waals surface area contributed by atoms with Crippen LogP contribution in [0.4, 0.5) is 19.0 Å². The molecule has 2 aliphatic rings. The van der Waals surface area contributed by atoms with E-state index in [1.54, 1.807) is 18.5 Å². The number of nitrogens with zero attached hydrogens (tertiary/aromatic N) is 4. The molecular weight excluding hydrogens is 505 g/mol. The van der Waals surface area contributed by atoms with Gasteiger partial charge in [-0.15, -0.1) is 0 Å². The van der Waals surface area contributed by atoms with Gasteiger partial charge >= 0.3 is 6.18 Å². The summed E-state index contributed by atoms with van der Waals surface area (Å²) in [5, 5.41) is 6.74. The van der Waals surface area contributed by atoms with E-state index >= 15 is 0 Å². The van der Waals surface area contributed by atoms with Crippen molar-refractivity contribution >= 4 is 23.3 Å². The fourth-order valence-electron chi connectivity index (χ4n) is 4.78. The number of carbonyl (C=O) groups excluding carboxylic acids is 1. The Kier molecular flexibility index (Phi) is 7.30. The van der Waals surface area contributed by atoms with Gasteiger partial charge in [0.25, 0.3) is 0 Å². The molecule has 0 unspecified atom stereocenters. The molecular formula is C26H26ClF3N6O. The number of hydrogen-bond donors (Lipinski definition) is 2. The van der Waals surface area contributed by atoms with Gasteiger partial charge in [-0.3, -0.25) is 14.8 Å². The second-order valence-electron chi connectivity index (χ2n) is 9.27. The number of pyridine rings is 1. The van der Waals surface area contributed by atoms with Crippen LogP contribution in [0.1, 0.15) is 31.2 Å². The monoisotopic (exact) mass is 530 g/mol. The smallest absolute Gasteiger partial charge is 0.355 e. The molecule has 11 heteroatoms. The van der Waals surface area contributed by atoms with Crippen LogP contribution in [-0.2, 0) is 11.0 Å². The summed E-state index contributed by atoms with van der Waals surface area (Å²) in [5.74, 6) is 0.701. The van der Waals surface area contributed by atoms with E-state index in [0.29, 0.717) is 46.4 Å². The minimum atomic E-state index is -4.43. The number of aromatic nitrogens is 3. The molecule has 4 heterocycles. The third kappa shape index (κ3) is 5.70. The van der Waals surface area contributed by atoms with Gasteiger partial charge in [-0.25, -0.2) is 4.98 Å². The van der Waals surface area contributed by atoms with Crippen molar-refractivity contribution in [1.29, 1.82) is 0 Å². The highest BCUT2D eigenvalue weighted by Crippen LogP contribution is 2.36. The Morgan fingerprint density at radius 3 is 2.46 bits per heavy atom. The maximum Gasteiger partial charge on any atom is 0.416 e. The fraction of sp³-hybridized carbons (Fsp3) is 0.385. The predicted octanol–water partition coefficient (Wildman–Crippen LogP) is 4.71. The number of carbonyl (C=O) groups is 1. The summed E-state index contributed by atoms with van der Waals surface area (Å²) < 4.78 is 39.2. The summed E-state index contributed by atoms with van der Waals surface area (Å²) in [4.78, 5) is 28.0. The Hall–Kier alpha value is -3.24. The van der Waals surface area contributed by atoms with Gasteiger partial charge in [0.2, 0.25) is 5.91 Å².